The summed E-state index contributed by atoms with van der Waals surface area (Å²) in [6.07, 6.45) is 8.13. The molecule has 0 amide bonds. The van der Waals surface area contributed by atoms with Gasteiger partial charge in [-0.25, -0.2) is 0 Å². The van der Waals surface area contributed by atoms with Gasteiger partial charge < -0.3 is 5.32 Å². The smallest absolute Gasteiger partial charge is 0.0741 e. The molecule has 1 aliphatic heterocycles. The third-order valence-corrected chi connectivity index (χ3v) is 3.73. The summed E-state index contributed by atoms with van der Waals surface area (Å²) < 4.78 is 0. The van der Waals surface area contributed by atoms with Gasteiger partial charge in [0.1, 0.15) is 0 Å². The van der Waals surface area contributed by atoms with Crippen molar-refractivity contribution in [2.75, 3.05) is 18.1 Å². The normalized spacial score (nSPS) is 23.9. The van der Waals surface area contributed by atoms with Crippen LogP contribution in [0.2, 0.25) is 0 Å². The van der Waals surface area contributed by atoms with E-state index in [-0.39, 0.29) is 5.54 Å². The zero-order valence-electron chi connectivity index (χ0n) is 8.60. The Morgan fingerprint density at radius 3 is 2.92 bits per heavy atom. The number of hydrogen-bond donors (Lipinski definition) is 1. The van der Waals surface area contributed by atoms with Gasteiger partial charge in [-0.1, -0.05) is 5.92 Å². The molecule has 1 N–H and O–H groups in total. The summed E-state index contributed by atoms with van der Waals surface area (Å²) in [5.74, 6) is 6.23. The minimum Gasteiger partial charge on any atom is -0.301 e. The Morgan fingerprint density at radius 1 is 1.62 bits per heavy atom. The molecule has 13 heavy (non-hydrogen) atoms. The average molecular weight is 197 g/mol. The molecule has 1 aliphatic rings. The summed E-state index contributed by atoms with van der Waals surface area (Å²) in [6.45, 7) is 5.19. The van der Waals surface area contributed by atoms with Crippen LogP contribution in [0.3, 0.4) is 0 Å². The molecular weight excluding hydrogens is 178 g/mol. The van der Waals surface area contributed by atoms with Crippen LogP contribution in [0, 0.1) is 18.3 Å². The molecule has 1 heterocycles. The number of thioether (sulfide) groups is 1. The third-order valence-electron chi connectivity index (χ3n) is 2.45. The Labute approximate surface area is 86.1 Å². The minimum atomic E-state index is -0.137. The summed E-state index contributed by atoms with van der Waals surface area (Å²) >= 11 is 2.07. The minimum absolute atomic E-state index is 0.137. The van der Waals surface area contributed by atoms with Crippen molar-refractivity contribution >= 4 is 11.8 Å². The molecule has 1 atom stereocenters. The van der Waals surface area contributed by atoms with Gasteiger partial charge in [-0.3, -0.25) is 0 Å². The maximum absolute atomic E-state index is 5.40. The van der Waals surface area contributed by atoms with Crippen LogP contribution in [0.1, 0.15) is 26.7 Å². The highest BCUT2D eigenvalue weighted by molar-refractivity contribution is 7.99. The fraction of sp³-hybridized carbons (Fsp3) is 0.818. The monoisotopic (exact) mass is 197 g/mol. The van der Waals surface area contributed by atoms with Crippen LogP contribution in [0.5, 0.6) is 0 Å². The molecule has 1 unspecified atom stereocenters. The Bertz CT molecular complexity index is 187. The Kier molecular flexibility index (Phi) is 4.15. The highest BCUT2D eigenvalue weighted by Crippen LogP contribution is 2.22. The number of terminal acetylenes is 1. The lowest BCUT2D eigenvalue weighted by atomic mass is 10.0. The second kappa shape index (κ2) is 4.93. The second-order valence-electron chi connectivity index (χ2n) is 4.23. The molecule has 0 radical (unpaired) electrons. The Morgan fingerprint density at radius 2 is 2.38 bits per heavy atom. The lowest BCUT2D eigenvalue weighted by Crippen LogP contribution is -2.41. The molecule has 1 saturated heterocycles. The SMILES string of the molecule is C#CC(C)(C)NCC1CCCSC1. The van der Waals surface area contributed by atoms with E-state index in [9.17, 15) is 0 Å². The first-order chi connectivity index (χ1) is 6.14. The lowest BCUT2D eigenvalue weighted by Gasteiger charge is -2.26. The first kappa shape index (κ1) is 10.9. The van der Waals surface area contributed by atoms with Crippen LogP contribution in [0.4, 0.5) is 0 Å². The summed E-state index contributed by atoms with van der Waals surface area (Å²) in [4.78, 5) is 0. The topological polar surface area (TPSA) is 12.0 Å². The van der Waals surface area contributed by atoms with Gasteiger partial charge in [0.25, 0.3) is 0 Å². The van der Waals surface area contributed by atoms with E-state index in [1.165, 1.54) is 24.3 Å². The predicted octanol–water partition coefficient (Wildman–Crippen LogP) is 2.13. The molecule has 0 aliphatic carbocycles. The summed E-state index contributed by atoms with van der Waals surface area (Å²) in [5.41, 5.74) is -0.137. The van der Waals surface area contributed by atoms with Crippen molar-refractivity contribution in [3.63, 3.8) is 0 Å². The van der Waals surface area contributed by atoms with Crippen LogP contribution in [0.15, 0.2) is 0 Å². The van der Waals surface area contributed by atoms with E-state index < -0.39 is 0 Å². The van der Waals surface area contributed by atoms with E-state index in [1.54, 1.807) is 0 Å². The molecule has 0 aromatic heterocycles. The first-order valence-electron chi connectivity index (χ1n) is 4.94. The largest absolute Gasteiger partial charge is 0.301 e. The molecule has 1 nitrogen and oxygen atoms in total. The molecule has 74 valence electrons. The van der Waals surface area contributed by atoms with Crippen molar-refractivity contribution in [3.8, 4) is 12.3 Å². The Hall–Kier alpha value is -0.130. The van der Waals surface area contributed by atoms with Gasteiger partial charge in [0.15, 0.2) is 0 Å². The van der Waals surface area contributed by atoms with E-state index in [0.717, 1.165) is 12.5 Å². The van der Waals surface area contributed by atoms with E-state index in [4.69, 9.17) is 6.42 Å². The fourth-order valence-electron chi connectivity index (χ4n) is 1.42. The first-order valence-corrected chi connectivity index (χ1v) is 6.10. The van der Waals surface area contributed by atoms with Gasteiger partial charge in [-0.15, -0.1) is 6.42 Å². The average Bonchev–Trinajstić information content (AvgIpc) is 2.17. The number of hydrogen-bond acceptors (Lipinski definition) is 2. The molecule has 0 spiro atoms. The van der Waals surface area contributed by atoms with E-state index in [2.05, 4.69) is 36.8 Å². The van der Waals surface area contributed by atoms with Gasteiger partial charge in [-0.05, 0) is 44.1 Å². The molecule has 0 aromatic carbocycles. The van der Waals surface area contributed by atoms with Crippen molar-refractivity contribution in [3.05, 3.63) is 0 Å². The van der Waals surface area contributed by atoms with Gasteiger partial charge in [0, 0.05) is 6.54 Å². The maximum Gasteiger partial charge on any atom is 0.0741 e. The van der Waals surface area contributed by atoms with Crippen LogP contribution in [0.25, 0.3) is 0 Å². The molecule has 2 heteroatoms. The summed E-state index contributed by atoms with van der Waals surface area (Å²) in [7, 11) is 0. The zero-order valence-corrected chi connectivity index (χ0v) is 9.41. The molecule has 1 fully saturated rings. The van der Waals surface area contributed by atoms with Gasteiger partial charge in [0.2, 0.25) is 0 Å². The van der Waals surface area contributed by atoms with Gasteiger partial charge in [-0.2, -0.15) is 11.8 Å². The summed E-state index contributed by atoms with van der Waals surface area (Å²) in [6, 6.07) is 0. The van der Waals surface area contributed by atoms with Crippen molar-refractivity contribution in [1.82, 2.24) is 5.32 Å². The standard InChI is InChI=1S/C11H19NS/c1-4-11(2,3)12-8-10-6-5-7-13-9-10/h1,10,12H,5-9H2,2-3H3. The van der Waals surface area contributed by atoms with Crippen molar-refractivity contribution in [2.45, 2.75) is 32.2 Å². The predicted molar refractivity (Wildman–Crippen MR) is 61.0 cm³/mol. The van der Waals surface area contributed by atoms with Crippen LogP contribution in [-0.2, 0) is 0 Å². The van der Waals surface area contributed by atoms with Crippen LogP contribution < -0.4 is 5.32 Å². The van der Waals surface area contributed by atoms with Gasteiger partial charge >= 0.3 is 0 Å². The number of rotatable bonds is 3. The highest BCUT2D eigenvalue weighted by Gasteiger charge is 2.18. The van der Waals surface area contributed by atoms with E-state index >= 15 is 0 Å². The van der Waals surface area contributed by atoms with Crippen molar-refractivity contribution in [2.24, 2.45) is 5.92 Å². The second-order valence-corrected chi connectivity index (χ2v) is 5.38. The highest BCUT2D eigenvalue weighted by atomic mass is 32.2. The van der Waals surface area contributed by atoms with Crippen molar-refractivity contribution in [1.29, 1.82) is 0 Å². The molecule has 0 saturated carbocycles. The third kappa shape index (κ3) is 4.06. The Balaban J connectivity index is 2.22. The van der Waals surface area contributed by atoms with E-state index in [0.29, 0.717) is 0 Å². The van der Waals surface area contributed by atoms with Crippen molar-refractivity contribution < 1.29 is 0 Å². The maximum atomic E-state index is 5.40. The molecular formula is C11H19NS. The molecule has 0 bridgehead atoms. The zero-order chi connectivity index (χ0) is 9.73. The summed E-state index contributed by atoms with van der Waals surface area (Å²) in [5, 5.41) is 3.43. The van der Waals surface area contributed by atoms with Crippen LogP contribution >= 0.6 is 11.8 Å². The quantitative estimate of drug-likeness (QED) is 0.696. The van der Waals surface area contributed by atoms with Crippen LogP contribution in [-0.4, -0.2) is 23.6 Å². The van der Waals surface area contributed by atoms with Gasteiger partial charge in [0.05, 0.1) is 5.54 Å². The fourth-order valence-corrected chi connectivity index (χ4v) is 2.57. The van der Waals surface area contributed by atoms with E-state index in [1.807, 2.05) is 0 Å². The molecule has 1 rings (SSSR count). The molecule has 0 aromatic rings. The lowest BCUT2D eigenvalue weighted by molar-refractivity contribution is 0.409. The number of nitrogens with one attached hydrogen (secondary N) is 1.